The Balaban J connectivity index is 0. The molecule has 0 saturated heterocycles. The molecule has 2 heteroatoms. The molecule has 0 aliphatic carbocycles. The minimum atomic E-state index is 0. The number of aryl methyl sites for hydroxylation is 1. The van der Waals surface area contributed by atoms with Crippen LogP contribution in [0, 0.1) is 13.8 Å². The molecular weight excluding hydrogens is 306 g/mol. The molecule has 0 aliphatic heterocycles. The van der Waals surface area contributed by atoms with Gasteiger partial charge in [-0.1, -0.05) is 57.2 Å². The van der Waals surface area contributed by atoms with Gasteiger partial charge in [0, 0.05) is 6.08 Å². The van der Waals surface area contributed by atoms with Crippen LogP contribution in [-0.2, 0) is 4.79 Å². The Morgan fingerprint density at radius 1 is 1.20 bits per heavy atom. The zero-order valence-corrected chi connectivity index (χ0v) is 15.9. The Hall–Kier alpha value is -2.31. The Labute approximate surface area is 154 Å². The quantitative estimate of drug-likeness (QED) is 0.496. The van der Waals surface area contributed by atoms with E-state index in [9.17, 15) is 4.79 Å². The minimum absolute atomic E-state index is 0. The fraction of sp³-hybridized carbons (Fsp3) is 0.391. The normalized spacial score (nSPS) is 10.2. The molecule has 0 amide bonds. The van der Waals surface area contributed by atoms with Gasteiger partial charge >= 0.3 is 0 Å². The summed E-state index contributed by atoms with van der Waals surface area (Å²) in [6, 6.07) is 3.99. The highest BCUT2D eigenvalue weighted by atomic mass is 16.1. The standard InChI is InChI=1S/C14H16O.C8H15N.CH4/c1-10(2)9-14-11(3)5-6-13(7-8-15)12(14)4;1-3-5-6-8(4-2)7-9;/h5-7,9H,1-4H3;5-7H,3-4,9H2,1-2H3;1H4/b;6-5+,8-7-;. The van der Waals surface area contributed by atoms with Crippen molar-refractivity contribution in [3.05, 3.63) is 63.9 Å². The van der Waals surface area contributed by atoms with E-state index in [1.807, 2.05) is 25.0 Å². The molecule has 0 aromatic heterocycles. The topological polar surface area (TPSA) is 43.1 Å². The Kier molecular flexibility index (Phi) is 14.0. The average Bonchev–Trinajstić information content (AvgIpc) is 2.56. The number of carbonyl (C=O) groups excluding carboxylic acids is 1. The predicted octanol–water partition coefficient (Wildman–Crippen LogP) is 6.41. The van der Waals surface area contributed by atoms with Crippen LogP contribution >= 0.6 is 0 Å². The van der Waals surface area contributed by atoms with Gasteiger partial charge in [0.05, 0.1) is 0 Å². The van der Waals surface area contributed by atoms with Gasteiger partial charge in [0.25, 0.3) is 0 Å². The number of hydrogen-bond acceptors (Lipinski definition) is 2. The van der Waals surface area contributed by atoms with Crippen molar-refractivity contribution in [3.63, 3.8) is 0 Å². The molecule has 2 N–H and O–H groups in total. The molecule has 1 aromatic carbocycles. The monoisotopic (exact) mass is 341 g/mol. The predicted molar refractivity (Wildman–Crippen MR) is 114 cm³/mol. The van der Waals surface area contributed by atoms with E-state index in [0.29, 0.717) is 0 Å². The van der Waals surface area contributed by atoms with Crippen molar-refractivity contribution in [1.29, 1.82) is 0 Å². The number of hydrogen-bond donors (Lipinski definition) is 1. The first kappa shape index (κ1) is 24.9. The highest BCUT2D eigenvalue weighted by Crippen LogP contribution is 2.21. The van der Waals surface area contributed by atoms with E-state index in [-0.39, 0.29) is 7.43 Å². The van der Waals surface area contributed by atoms with Gasteiger partial charge in [-0.25, -0.2) is 4.79 Å². The van der Waals surface area contributed by atoms with E-state index in [4.69, 9.17) is 5.73 Å². The molecule has 1 aromatic rings. The molecule has 0 atom stereocenters. The van der Waals surface area contributed by atoms with Crippen molar-refractivity contribution in [2.45, 2.75) is 61.8 Å². The average molecular weight is 342 g/mol. The van der Waals surface area contributed by atoms with E-state index in [2.05, 4.69) is 52.8 Å². The number of allylic oxidation sites excluding steroid dienone is 4. The van der Waals surface area contributed by atoms with E-state index in [1.54, 1.807) is 6.20 Å². The molecular formula is C23H35NO. The zero-order valence-electron chi connectivity index (χ0n) is 15.9. The lowest BCUT2D eigenvalue weighted by molar-refractivity contribution is 0.570. The first-order chi connectivity index (χ1) is 11.4. The first-order valence-corrected chi connectivity index (χ1v) is 8.44. The van der Waals surface area contributed by atoms with Crippen molar-refractivity contribution in [1.82, 2.24) is 0 Å². The molecule has 0 saturated carbocycles. The van der Waals surface area contributed by atoms with Crippen LogP contribution < -0.4 is 5.73 Å². The van der Waals surface area contributed by atoms with Crippen molar-refractivity contribution >= 4 is 18.1 Å². The first-order valence-electron chi connectivity index (χ1n) is 8.44. The molecule has 0 bridgehead atoms. The van der Waals surface area contributed by atoms with Crippen LogP contribution in [0.2, 0.25) is 0 Å². The van der Waals surface area contributed by atoms with Crippen LogP contribution in [0.3, 0.4) is 0 Å². The number of nitrogens with two attached hydrogens (primary N) is 1. The Morgan fingerprint density at radius 3 is 2.28 bits per heavy atom. The second-order valence-corrected chi connectivity index (χ2v) is 5.90. The van der Waals surface area contributed by atoms with Crippen LogP contribution in [0.4, 0.5) is 0 Å². The molecule has 1 rings (SSSR count). The van der Waals surface area contributed by atoms with Crippen LogP contribution in [0.5, 0.6) is 0 Å². The minimum Gasteiger partial charge on any atom is -0.404 e. The number of benzene rings is 1. The summed E-state index contributed by atoms with van der Waals surface area (Å²) in [7, 11) is 0. The summed E-state index contributed by atoms with van der Waals surface area (Å²) in [5.74, 6) is 1.83. The van der Waals surface area contributed by atoms with Crippen molar-refractivity contribution < 1.29 is 4.79 Å². The molecule has 0 spiro atoms. The summed E-state index contributed by atoms with van der Waals surface area (Å²) < 4.78 is 0. The second kappa shape index (κ2) is 14.1. The Morgan fingerprint density at radius 2 is 1.84 bits per heavy atom. The third-order valence-electron chi connectivity index (χ3n) is 3.61. The zero-order chi connectivity index (χ0) is 18.5. The van der Waals surface area contributed by atoms with Crippen LogP contribution in [0.25, 0.3) is 12.2 Å². The highest BCUT2D eigenvalue weighted by molar-refractivity contribution is 5.78. The van der Waals surface area contributed by atoms with Gasteiger partial charge in [0.15, 0.2) is 0 Å². The van der Waals surface area contributed by atoms with Crippen molar-refractivity contribution in [3.8, 4) is 0 Å². The summed E-state index contributed by atoms with van der Waals surface area (Å²) in [6.45, 7) is 12.5. The molecule has 0 radical (unpaired) electrons. The summed E-state index contributed by atoms with van der Waals surface area (Å²) in [4.78, 5) is 10.3. The summed E-state index contributed by atoms with van der Waals surface area (Å²) >= 11 is 0. The van der Waals surface area contributed by atoms with E-state index >= 15 is 0 Å². The maximum absolute atomic E-state index is 10.3. The third-order valence-corrected chi connectivity index (χ3v) is 3.61. The lowest BCUT2D eigenvalue weighted by Gasteiger charge is -2.08. The van der Waals surface area contributed by atoms with Crippen LogP contribution in [0.15, 0.2) is 41.6 Å². The van der Waals surface area contributed by atoms with Gasteiger partial charge in [0.1, 0.15) is 5.94 Å². The molecule has 0 unspecified atom stereocenters. The molecule has 0 fully saturated rings. The summed E-state index contributed by atoms with van der Waals surface area (Å²) in [5.41, 5.74) is 12.3. The van der Waals surface area contributed by atoms with Gasteiger partial charge in [-0.05, 0) is 74.6 Å². The Bertz CT molecular complexity index is 653. The van der Waals surface area contributed by atoms with Gasteiger partial charge in [0.2, 0.25) is 0 Å². The second-order valence-electron chi connectivity index (χ2n) is 5.90. The van der Waals surface area contributed by atoms with Gasteiger partial charge in [-0.3, -0.25) is 0 Å². The van der Waals surface area contributed by atoms with E-state index in [0.717, 1.165) is 24.0 Å². The fourth-order valence-electron chi connectivity index (χ4n) is 2.17. The number of rotatable bonds is 5. The molecule has 25 heavy (non-hydrogen) atoms. The van der Waals surface area contributed by atoms with E-state index < -0.39 is 0 Å². The largest absolute Gasteiger partial charge is 0.404 e. The smallest absolute Gasteiger partial charge is 0.125 e. The van der Waals surface area contributed by atoms with E-state index in [1.165, 1.54) is 28.3 Å². The highest BCUT2D eigenvalue weighted by Gasteiger charge is 2.03. The lowest BCUT2D eigenvalue weighted by Crippen LogP contribution is -1.90. The van der Waals surface area contributed by atoms with Gasteiger partial charge in [-0.2, -0.15) is 0 Å². The molecule has 0 aliphatic rings. The van der Waals surface area contributed by atoms with Gasteiger partial charge in [-0.15, -0.1) is 0 Å². The molecule has 0 heterocycles. The summed E-state index contributed by atoms with van der Waals surface area (Å²) in [6.07, 6.45) is 11.6. The maximum Gasteiger partial charge on any atom is 0.125 e. The fourth-order valence-corrected chi connectivity index (χ4v) is 2.17. The van der Waals surface area contributed by atoms with Crippen LogP contribution in [-0.4, -0.2) is 5.94 Å². The summed E-state index contributed by atoms with van der Waals surface area (Å²) in [5, 5.41) is 0. The molecule has 138 valence electrons. The van der Waals surface area contributed by atoms with Gasteiger partial charge < -0.3 is 5.73 Å². The SMILES string of the molecule is C.CC(C)=Cc1c(C)ccc(C=C=O)c1C.CC/C=C/C(=C\N)CC. The maximum atomic E-state index is 10.3. The van der Waals surface area contributed by atoms with Crippen LogP contribution in [0.1, 0.15) is 70.2 Å². The molecule has 2 nitrogen and oxygen atoms in total. The van der Waals surface area contributed by atoms with Crippen molar-refractivity contribution in [2.24, 2.45) is 5.73 Å². The lowest BCUT2D eigenvalue weighted by atomic mass is 9.96. The van der Waals surface area contributed by atoms with Crippen molar-refractivity contribution in [2.75, 3.05) is 0 Å². The third kappa shape index (κ3) is 9.54.